The fraction of sp³-hybridized carbons (Fsp3) is 0.550. The SMILES string of the molecule is Cc1c(Cl)cccc1NC(=O)[C@H](C)OC(=O)[C@@H]1CC(=O)N(C2CCCC2)C1. The van der Waals surface area contributed by atoms with E-state index in [0.29, 0.717) is 17.3 Å². The van der Waals surface area contributed by atoms with E-state index in [-0.39, 0.29) is 18.4 Å². The van der Waals surface area contributed by atoms with Gasteiger partial charge < -0.3 is 15.0 Å². The Balaban J connectivity index is 1.55. The van der Waals surface area contributed by atoms with Crippen LogP contribution in [0, 0.1) is 12.8 Å². The molecule has 1 aliphatic carbocycles. The monoisotopic (exact) mass is 392 g/mol. The number of carbonyl (C=O) groups excluding carboxylic acids is 3. The molecule has 3 rings (SSSR count). The van der Waals surface area contributed by atoms with Gasteiger partial charge in [-0.05, 0) is 44.4 Å². The molecule has 0 radical (unpaired) electrons. The van der Waals surface area contributed by atoms with Crippen molar-refractivity contribution in [3.05, 3.63) is 28.8 Å². The third-order valence-electron chi connectivity index (χ3n) is 5.44. The minimum absolute atomic E-state index is 0.00973. The molecule has 6 nitrogen and oxygen atoms in total. The van der Waals surface area contributed by atoms with Crippen molar-refractivity contribution < 1.29 is 19.1 Å². The molecule has 0 spiro atoms. The summed E-state index contributed by atoms with van der Waals surface area (Å²) in [6, 6.07) is 5.47. The van der Waals surface area contributed by atoms with Gasteiger partial charge in [0, 0.05) is 29.7 Å². The van der Waals surface area contributed by atoms with Crippen molar-refractivity contribution in [3.8, 4) is 0 Å². The lowest BCUT2D eigenvalue weighted by molar-refractivity contribution is -0.157. The third kappa shape index (κ3) is 4.43. The quantitative estimate of drug-likeness (QED) is 0.780. The van der Waals surface area contributed by atoms with Crippen LogP contribution in [-0.4, -0.2) is 41.4 Å². The van der Waals surface area contributed by atoms with E-state index in [1.807, 2.05) is 4.90 Å². The maximum absolute atomic E-state index is 12.4. The Hall–Kier alpha value is -2.08. The molecule has 2 aliphatic rings. The number of anilines is 1. The number of hydrogen-bond acceptors (Lipinski definition) is 4. The highest BCUT2D eigenvalue weighted by Crippen LogP contribution is 2.30. The van der Waals surface area contributed by atoms with Crippen molar-refractivity contribution in [2.24, 2.45) is 5.92 Å². The van der Waals surface area contributed by atoms with Gasteiger partial charge in [-0.25, -0.2) is 0 Å². The minimum Gasteiger partial charge on any atom is -0.452 e. The Labute approximate surface area is 164 Å². The molecule has 1 saturated carbocycles. The van der Waals surface area contributed by atoms with Crippen LogP contribution < -0.4 is 5.32 Å². The van der Waals surface area contributed by atoms with E-state index < -0.39 is 23.9 Å². The maximum Gasteiger partial charge on any atom is 0.312 e. The molecular formula is C20H25ClN2O4. The van der Waals surface area contributed by atoms with E-state index in [4.69, 9.17) is 16.3 Å². The molecule has 2 atom stereocenters. The summed E-state index contributed by atoms with van der Waals surface area (Å²) < 4.78 is 5.33. The van der Waals surface area contributed by atoms with Gasteiger partial charge in [-0.15, -0.1) is 0 Å². The molecule has 2 amide bonds. The zero-order chi connectivity index (χ0) is 19.6. The summed E-state index contributed by atoms with van der Waals surface area (Å²) in [5, 5.41) is 3.28. The number of halogens is 1. The average Bonchev–Trinajstić information content (AvgIpc) is 3.28. The number of ether oxygens (including phenoxy) is 1. The van der Waals surface area contributed by atoms with E-state index in [1.165, 1.54) is 6.92 Å². The molecule has 2 fully saturated rings. The first-order valence-electron chi connectivity index (χ1n) is 9.42. The molecule has 1 saturated heterocycles. The van der Waals surface area contributed by atoms with Crippen molar-refractivity contribution in [2.75, 3.05) is 11.9 Å². The van der Waals surface area contributed by atoms with Gasteiger partial charge in [-0.3, -0.25) is 14.4 Å². The predicted molar refractivity (Wildman–Crippen MR) is 102 cm³/mol. The van der Waals surface area contributed by atoms with Gasteiger partial charge in [0.25, 0.3) is 5.91 Å². The zero-order valence-electron chi connectivity index (χ0n) is 15.7. The molecule has 1 N–H and O–H groups in total. The number of benzene rings is 1. The van der Waals surface area contributed by atoms with Crippen molar-refractivity contribution >= 4 is 35.1 Å². The van der Waals surface area contributed by atoms with Crippen molar-refractivity contribution in [3.63, 3.8) is 0 Å². The summed E-state index contributed by atoms with van der Waals surface area (Å²) in [5.74, 6) is -1.41. The minimum atomic E-state index is -0.952. The van der Waals surface area contributed by atoms with Gasteiger partial charge in [0.15, 0.2) is 6.10 Å². The van der Waals surface area contributed by atoms with Gasteiger partial charge in [0.05, 0.1) is 5.92 Å². The maximum atomic E-state index is 12.4. The number of carbonyl (C=O) groups is 3. The summed E-state index contributed by atoms with van der Waals surface area (Å²) in [5.41, 5.74) is 1.33. The van der Waals surface area contributed by atoms with Crippen molar-refractivity contribution in [1.29, 1.82) is 0 Å². The Morgan fingerprint density at radius 1 is 1.30 bits per heavy atom. The molecular weight excluding hydrogens is 368 g/mol. The third-order valence-corrected chi connectivity index (χ3v) is 5.85. The van der Waals surface area contributed by atoms with E-state index in [0.717, 1.165) is 31.2 Å². The Morgan fingerprint density at radius 3 is 2.70 bits per heavy atom. The van der Waals surface area contributed by atoms with Crippen molar-refractivity contribution in [1.82, 2.24) is 4.90 Å². The van der Waals surface area contributed by atoms with Crippen LogP contribution in [0.3, 0.4) is 0 Å². The summed E-state index contributed by atoms with van der Waals surface area (Å²) in [6.07, 6.45) is 3.48. The first kappa shape index (κ1) is 19.7. The average molecular weight is 393 g/mol. The van der Waals surface area contributed by atoms with E-state index >= 15 is 0 Å². The fourth-order valence-corrected chi connectivity index (χ4v) is 3.93. The standard InChI is InChI=1S/C20H25ClN2O4/c1-12-16(21)8-5-9-17(12)22-19(25)13(2)27-20(26)14-10-18(24)23(11-14)15-6-3-4-7-15/h5,8-9,13-15H,3-4,6-7,10-11H2,1-2H3,(H,22,25)/t13-,14+/m0/s1. The van der Waals surface area contributed by atoms with E-state index in [1.54, 1.807) is 25.1 Å². The van der Waals surface area contributed by atoms with Crippen LogP contribution in [0.2, 0.25) is 5.02 Å². The summed E-state index contributed by atoms with van der Waals surface area (Å²) >= 11 is 6.06. The highest BCUT2D eigenvalue weighted by atomic mass is 35.5. The van der Waals surface area contributed by atoms with E-state index in [2.05, 4.69) is 5.32 Å². The van der Waals surface area contributed by atoms with E-state index in [9.17, 15) is 14.4 Å². The summed E-state index contributed by atoms with van der Waals surface area (Å²) in [6.45, 7) is 3.72. The molecule has 0 unspecified atom stereocenters. The number of rotatable bonds is 5. The van der Waals surface area contributed by atoms with Crippen LogP contribution in [0.5, 0.6) is 0 Å². The summed E-state index contributed by atoms with van der Waals surface area (Å²) in [4.78, 5) is 38.8. The van der Waals surface area contributed by atoms with Crippen LogP contribution in [0.1, 0.15) is 44.6 Å². The molecule has 0 aromatic heterocycles. The predicted octanol–water partition coefficient (Wildman–Crippen LogP) is 3.31. The van der Waals surface area contributed by atoms with Gasteiger partial charge >= 0.3 is 5.97 Å². The largest absolute Gasteiger partial charge is 0.452 e. The van der Waals surface area contributed by atoms with Crippen LogP contribution in [-0.2, 0) is 19.1 Å². The Morgan fingerprint density at radius 2 is 2.00 bits per heavy atom. The number of nitrogens with zero attached hydrogens (tertiary/aromatic N) is 1. The normalized spacial score (nSPS) is 21.4. The topological polar surface area (TPSA) is 75.7 Å². The highest BCUT2D eigenvalue weighted by molar-refractivity contribution is 6.31. The Bertz CT molecular complexity index is 745. The molecule has 27 heavy (non-hydrogen) atoms. The van der Waals surface area contributed by atoms with Crippen LogP contribution in [0.15, 0.2) is 18.2 Å². The molecule has 1 heterocycles. The molecule has 1 aliphatic heterocycles. The first-order valence-corrected chi connectivity index (χ1v) is 9.80. The lowest BCUT2D eigenvalue weighted by Gasteiger charge is -2.24. The summed E-state index contributed by atoms with van der Waals surface area (Å²) in [7, 11) is 0. The van der Waals surface area contributed by atoms with Crippen molar-refractivity contribution in [2.45, 2.75) is 58.1 Å². The molecule has 7 heteroatoms. The second kappa shape index (κ2) is 8.30. The second-order valence-corrected chi connectivity index (χ2v) is 7.77. The second-order valence-electron chi connectivity index (χ2n) is 7.37. The van der Waals surface area contributed by atoms with Crippen LogP contribution in [0.25, 0.3) is 0 Å². The first-order chi connectivity index (χ1) is 12.9. The smallest absolute Gasteiger partial charge is 0.312 e. The number of likely N-dealkylation sites (tertiary alicyclic amines) is 1. The number of esters is 1. The van der Waals surface area contributed by atoms with Gasteiger partial charge in [0.1, 0.15) is 0 Å². The Kier molecular flexibility index (Phi) is 6.05. The lowest BCUT2D eigenvalue weighted by Crippen LogP contribution is -2.36. The number of nitrogens with one attached hydrogen (secondary N) is 1. The highest BCUT2D eigenvalue weighted by Gasteiger charge is 2.40. The molecule has 1 aromatic carbocycles. The van der Waals surface area contributed by atoms with Crippen LogP contribution in [0.4, 0.5) is 5.69 Å². The fourth-order valence-electron chi connectivity index (χ4n) is 3.76. The zero-order valence-corrected chi connectivity index (χ0v) is 16.4. The molecule has 146 valence electrons. The lowest BCUT2D eigenvalue weighted by atomic mass is 10.1. The van der Waals surface area contributed by atoms with Gasteiger partial charge in [-0.1, -0.05) is 30.5 Å². The number of amides is 2. The number of hydrogen-bond donors (Lipinski definition) is 1. The van der Waals surface area contributed by atoms with Gasteiger partial charge in [-0.2, -0.15) is 0 Å². The van der Waals surface area contributed by atoms with Gasteiger partial charge in [0.2, 0.25) is 5.91 Å². The molecule has 0 bridgehead atoms. The van der Waals surface area contributed by atoms with Crippen LogP contribution >= 0.6 is 11.6 Å². The molecule has 1 aromatic rings.